The van der Waals surface area contributed by atoms with Crippen LogP contribution in [0.1, 0.15) is 24.8 Å². The molecule has 2 aromatic carbocycles. The van der Waals surface area contributed by atoms with Crippen LogP contribution in [0, 0.1) is 0 Å². The summed E-state index contributed by atoms with van der Waals surface area (Å²) < 4.78 is 4.91. The number of methoxy groups -OCH3 is 1. The number of hydrogen-bond acceptors (Lipinski definition) is 7. The second-order valence-electron chi connectivity index (χ2n) is 9.85. The van der Waals surface area contributed by atoms with Gasteiger partial charge in [0.1, 0.15) is 6.04 Å². The summed E-state index contributed by atoms with van der Waals surface area (Å²) in [7, 11) is 5.14. The predicted octanol–water partition coefficient (Wildman–Crippen LogP) is 2.61. The summed E-state index contributed by atoms with van der Waals surface area (Å²) in [6, 6.07) is 13.8. The number of nitrogens with zero attached hydrogens (tertiary/aromatic N) is 3. The zero-order valence-electron chi connectivity index (χ0n) is 22.4. The van der Waals surface area contributed by atoms with Crippen LogP contribution in [-0.4, -0.2) is 104 Å². The van der Waals surface area contributed by atoms with Crippen LogP contribution in [0.5, 0.6) is 0 Å². The van der Waals surface area contributed by atoms with E-state index in [0.29, 0.717) is 26.1 Å². The number of likely N-dealkylation sites (tertiary alicyclic amines) is 1. The van der Waals surface area contributed by atoms with Crippen LogP contribution in [0.2, 0.25) is 0 Å². The van der Waals surface area contributed by atoms with E-state index >= 15 is 0 Å². The van der Waals surface area contributed by atoms with Gasteiger partial charge in [-0.15, -0.1) is 0 Å². The predicted molar refractivity (Wildman–Crippen MR) is 149 cm³/mol. The van der Waals surface area contributed by atoms with Gasteiger partial charge in [0.15, 0.2) is 0 Å². The molecule has 1 aliphatic rings. The maximum atomic E-state index is 13.2. The van der Waals surface area contributed by atoms with Crippen molar-refractivity contribution in [3.8, 4) is 0 Å². The Hall–Kier alpha value is -2.62. The molecule has 0 aliphatic carbocycles. The topological polar surface area (TPSA) is 82.2 Å². The molecule has 3 rings (SSSR count). The summed E-state index contributed by atoms with van der Waals surface area (Å²) in [5, 5.41) is 5.18. The first-order valence-corrected chi connectivity index (χ1v) is 14.2. The lowest BCUT2D eigenvalue weighted by Gasteiger charge is -2.32. The number of nitrogens with one attached hydrogen (secondary N) is 1. The number of esters is 1. The van der Waals surface area contributed by atoms with Crippen LogP contribution in [0.3, 0.4) is 0 Å². The third-order valence-corrected chi connectivity index (χ3v) is 7.33. The van der Waals surface area contributed by atoms with Crippen LogP contribution in [0.15, 0.2) is 42.5 Å². The van der Waals surface area contributed by atoms with Gasteiger partial charge >= 0.3 is 5.97 Å². The number of amides is 2. The summed E-state index contributed by atoms with van der Waals surface area (Å²) in [4.78, 5) is 44.3. The largest absolute Gasteiger partial charge is 0.467 e. The summed E-state index contributed by atoms with van der Waals surface area (Å²) in [5.74, 6) is 0.204. The van der Waals surface area contributed by atoms with Gasteiger partial charge in [-0.2, -0.15) is 11.8 Å². The third-order valence-electron chi connectivity index (χ3n) is 6.69. The van der Waals surface area contributed by atoms with Gasteiger partial charge in [0.05, 0.1) is 20.2 Å². The number of rotatable bonds is 13. The molecule has 0 aromatic heterocycles. The van der Waals surface area contributed by atoms with E-state index in [0.717, 1.165) is 41.5 Å². The highest BCUT2D eigenvalue weighted by Gasteiger charge is 2.31. The van der Waals surface area contributed by atoms with Crippen molar-refractivity contribution in [3.63, 3.8) is 0 Å². The van der Waals surface area contributed by atoms with E-state index in [9.17, 15) is 14.4 Å². The van der Waals surface area contributed by atoms with E-state index in [4.69, 9.17) is 4.74 Å². The second-order valence-corrected chi connectivity index (χ2v) is 10.8. The zero-order valence-corrected chi connectivity index (χ0v) is 23.3. The molecular weight excluding hydrogens is 488 g/mol. The number of carbonyl (C=O) groups excluding carboxylic acids is 3. The molecule has 8 nitrogen and oxygen atoms in total. The first-order chi connectivity index (χ1) is 17.8. The average Bonchev–Trinajstić information content (AvgIpc) is 3.34. The highest BCUT2D eigenvalue weighted by molar-refractivity contribution is 7.98. The van der Waals surface area contributed by atoms with Crippen LogP contribution in [-0.2, 0) is 25.7 Å². The van der Waals surface area contributed by atoms with E-state index in [1.807, 2.05) is 48.4 Å². The monoisotopic (exact) mass is 528 g/mol. The fraction of sp³-hybridized carbons (Fsp3) is 0.536. The van der Waals surface area contributed by atoms with Crippen LogP contribution in [0.25, 0.3) is 10.8 Å². The molecule has 0 bridgehead atoms. The molecule has 2 aromatic rings. The summed E-state index contributed by atoms with van der Waals surface area (Å²) in [6.45, 7) is 2.39. The summed E-state index contributed by atoms with van der Waals surface area (Å²) in [6.07, 6.45) is 4.34. The lowest BCUT2D eigenvalue weighted by atomic mass is 10.0. The number of fused-ring (bicyclic) bond motifs is 1. The van der Waals surface area contributed by atoms with Crippen molar-refractivity contribution in [2.24, 2.45) is 0 Å². The van der Waals surface area contributed by atoms with Gasteiger partial charge < -0.3 is 19.9 Å². The molecule has 0 radical (unpaired) electrons. The Labute approximate surface area is 224 Å². The van der Waals surface area contributed by atoms with Gasteiger partial charge in [0.2, 0.25) is 11.8 Å². The molecule has 0 unspecified atom stereocenters. The average molecular weight is 529 g/mol. The molecule has 1 aliphatic heterocycles. The van der Waals surface area contributed by atoms with Crippen LogP contribution >= 0.6 is 11.8 Å². The van der Waals surface area contributed by atoms with Gasteiger partial charge in [0.25, 0.3) is 0 Å². The van der Waals surface area contributed by atoms with Crippen molar-refractivity contribution in [1.29, 1.82) is 0 Å². The quantitative estimate of drug-likeness (QED) is 0.400. The van der Waals surface area contributed by atoms with Crippen molar-refractivity contribution in [2.45, 2.75) is 37.9 Å². The number of carbonyl (C=O) groups is 3. The Morgan fingerprint density at radius 2 is 1.89 bits per heavy atom. The first-order valence-electron chi connectivity index (χ1n) is 12.8. The molecule has 0 spiro atoms. The molecule has 1 heterocycles. The molecule has 1 fully saturated rings. The maximum absolute atomic E-state index is 13.2. The van der Waals surface area contributed by atoms with E-state index in [2.05, 4.69) is 34.5 Å². The minimum absolute atomic E-state index is 0.0446. The maximum Gasteiger partial charge on any atom is 0.328 e. The van der Waals surface area contributed by atoms with Crippen LogP contribution in [0.4, 0.5) is 0 Å². The normalized spacial score (nSPS) is 16.4. The lowest BCUT2D eigenvalue weighted by Crippen LogP contribution is -2.50. The van der Waals surface area contributed by atoms with Crippen molar-refractivity contribution in [2.75, 3.05) is 59.4 Å². The fourth-order valence-corrected chi connectivity index (χ4v) is 5.41. The molecule has 2 amide bonds. The van der Waals surface area contributed by atoms with E-state index in [-0.39, 0.29) is 24.4 Å². The number of thioether (sulfide) groups is 1. The highest BCUT2D eigenvalue weighted by atomic mass is 32.2. The Bertz CT molecular complexity index is 1060. The zero-order chi connectivity index (χ0) is 26.8. The molecule has 0 saturated carbocycles. The number of likely N-dealkylation sites (N-methyl/N-ethyl adjacent to an activating group) is 1. The van der Waals surface area contributed by atoms with Crippen molar-refractivity contribution >= 4 is 40.3 Å². The van der Waals surface area contributed by atoms with Gasteiger partial charge in [-0.3, -0.25) is 14.5 Å². The number of ether oxygens (including phenoxy) is 1. The van der Waals surface area contributed by atoms with Gasteiger partial charge in [0, 0.05) is 25.7 Å². The number of hydrogen-bond donors (Lipinski definition) is 1. The Morgan fingerprint density at radius 3 is 2.62 bits per heavy atom. The molecule has 202 valence electrons. The number of benzene rings is 2. The summed E-state index contributed by atoms with van der Waals surface area (Å²) in [5.41, 5.74) is 1.13. The lowest BCUT2D eigenvalue weighted by molar-refractivity contribution is -0.145. The van der Waals surface area contributed by atoms with Gasteiger partial charge in [-0.25, -0.2) is 4.79 Å². The standard InChI is InChI=1S/C28H40N4O4S/c1-30(2)20-27(34)32-15-8-12-23(32)18-31(17-22-11-7-10-21-9-5-6-13-24(21)22)19-26(33)29-25(14-16-37-4)28(35)36-3/h5-7,9-11,13,23,25H,8,12,14-20H2,1-4H3,(H,29,33)/t23-,25-/m0/s1. The van der Waals surface area contributed by atoms with Crippen LogP contribution < -0.4 is 5.32 Å². The molecule has 9 heteroatoms. The Kier molecular flexibility index (Phi) is 11.2. The Balaban J connectivity index is 1.80. The minimum Gasteiger partial charge on any atom is -0.467 e. The van der Waals surface area contributed by atoms with Gasteiger partial charge in [-0.1, -0.05) is 42.5 Å². The molecular formula is C28H40N4O4S. The molecule has 2 atom stereocenters. The smallest absolute Gasteiger partial charge is 0.328 e. The second kappa shape index (κ2) is 14.4. The summed E-state index contributed by atoms with van der Waals surface area (Å²) >= 11 is 1.62. The molecule has 1 N–H and O–H groups in total. The first kappa shape index (κ1) is 28.9. The van der Waals surface area contributed by atoms with Crippen molar-refractivity contribution in [3.05, 3.63) is 48.0 Å². The fourth-order valence-electron chi connectivity index (χ4n) is 4.94. The SMILES string of the molecule is COC(=O)[C@H](CCSC)NC(=O)CN(Cc1cccc2ccccc12)C[C@@H]1CCCN1C(=O)CN(C)C. The minimum atomic E-state index is -0.672. The molecule has 1 saturated heterocycles. The van der Waals surface area contributed by atoms with Gasteiger partial charge in [-0.05, 0) is 61.7 Å². The Morgan fingerprint density at radius 1 is 1.14 bits per heavy atom. The van der Waals surface area contributed by atoms with E-state index in [1.54, 1.807) is 11.8 Å². The van der Waals surface area contributed by atoms with Crippen molar-refractivity contribution in [1.82, 2.24) is 20.0 Å². The highest BCUT2D eigenvalue weighted by Crippen LogP contribution is 2.23. The van der Waals surface area contributed by atoms with E-state index in [1.165, 1.54) is 7.11 Å². The van der Waals surface area contributed by atoms with E-state index < -0.39 is 12.0 Å². The third kappa shape index (κ3) is 8.45. The van der Waals surface area contributed by atoms with Crippen molar-refractivity contribution < 1.29 is 19.1 Å². The molecule has 37 heavy (non-hydrogen) atoms.